The molecule has 0 unspecified atom stereocenters. The molecule has 0 spiro atoms. The minimum absolute atomic E-state index is 0.151. The molecular weight excluding hydrogens is 226 g/mol. The van der Waals surface area contributed by atoms with Crippen LogP contribution in [0.2, 0.25) is 0 Å². The second-order valence-corrected chi connectivity index (χ2v) is 6.59. The number of nitrogens with zero attached hydrogens (tertiary/aromatic N) is 1. The molecule has 0 fully saturated rings. The molecule has 0 saturated heterocycles. The fourth-order valence-electron chi connectivity index (χ4n) is 1.51. The SMILES string of the molecule is CCCN(CCC(C)(C)C)C(=O)OCCC(C)C. The van der Waals surface area contributed by atoms with E-state index in [0.717, 1.165) is 32.4 Å². The van der Waals surface area contributed by atoms with Crippen molar-refractivity contribution >= 4 is 6.09 Å². The molecule has 0 aliphatic rings. The van der Waals surface area contributed by atoms with Crippen molar-refractivity contribution in [2.24, 2.45) is 11.3 Å². The molecule has 3 heteroatoms. The summed E-state index contributed by atoms with van der Waals surface area (Å²) >= 11 is 0. The van der Waals surface area contributed by atoms with E-state index in [1.807, 2.05) is 4.90 Å². The van der Waals surface area contributed by atoms with Gasteiger partial charge in [-0.3, -0.25) is 0 Å². The van der Waals surface area contributed by atoms with E-state index in [-0.39, 0.29) is 11.5 Å². The van der Waals surface area contributed by atoms with Gasteiger partial charge in [0.15, 0.2) is 0 Å². The molecule has 0 atom stereocenters. The van der Waals surface area contributed by atoms with E-state index in [0.29, 0.717) is 12.5 Å². The number of rotatable bonds is 7. The molecule has 0 heterocycles. The summed E-state index contributed by atoms with van der Waals surface area (Å²) in [4.78, 5) is 13.8. The Balaban J connectivity index is 4.10. The summed E-state index contributed by atoms with van der Waals surface area (Å²) in [5.74, 6) is 0.576. The van der Waals surface area contributed by atoms with Gasteiger partial charge >= 0.3 is 6.09 Å². The zero-order chi connectivity index (χ0) is 14.2. The first-order valence-electron chi connectivity index (χ1n) is 7.18. The average molecular weight is 257 g/mol. The van der Waals surface area contributed by atoms with Crippen LogP contribution < -0.4 is 0 Å². The van der Waals surface area contributed by atoms with Gasteiger partial charge in [-0.2, -0.15) is 0 Å². The lowest BCUT2D eigenvalue weighted by Crippen LogP contribution is -2.35. The molecule has 0 saturated carbocycles. The van der Waals surface area contributed by atoms with Gasteiger partial charge in [-0.15, -0.1) is 0 Å². The second-order valence-electron chi connectivity index (χ2n) is 6.59. The third-order valence-electron chi connectivity index (χ3n) is 2.80. The molecule has 18 heavy (non-hydrogen) atoms. The van der Waals surface area contributed by atoms with Gasteiger partial charge in [-0.25, -0.2) is 4.79 Å². The maximum atomic E-state index is 11.9. The third kappa shape index (κ3) is 9.32. The van der Waals surface area contributed by atoms with Gasteiger partial charge in [0.05, 0.1) is 6.61 Å². The Hall–Kier alpha value is -0.730. The number of ether oxygens (including phenoxy) is 1. The lowest BCUT2D eigenvalue weighted by atomic mass is 9.92. The molecule has 0 rings (SSSR count). The van der Waals surface area contributed by atoms with Gasteiger partial charge in [0.25, 0.3) is 0 Å². The summed E-state index contributed by atoms with van der Waals surface area (Å²) in [7, 11) is 0. The molecule has 0 radical (unpaired) electrons. The van der Waals surface area contributed by atoms with E-state index in [9.17, 15) is 4.79 Å². The maximum Gasteiger partial charge on any atom is 0.409 e. The van der Waals surface area contributed by atoms with Crippen LogP contribution in [0.4, 0.5) is 4.79 Å². The summed E-state index contributed by atoms with van der Waals surface area (Å²) in [6.45, 7) is 15.1. The highest BCUT2D eigenvalue weighted by Gasteiger charge is 2.18. The third-order valence-corrected chi connectivity index (χ3v) is 2.80. The van der Waals surface area contributed by atoms with E-state index in [2.05, 4.69) is 41.5 Å². The van der Waals surface area contributed by atoms with Crippen LogP contribution in [0.5, 0.6) is 0 Å². The first-order valence-corrected chi connectivity index (χ1v) is 7.18. The van der Waals surface area contributed by atoms with Crippen LogP contribution in [0.25, 0.3) is 0 Å². The summed E-state index contributed by atoms with van der Waals surface area (Å²) in [5.41, 5.74) is 0.254. The van der Waals surface area contributed by atoms with Crippen molar-refractivity contribution in [3.63, 3.8) is 0 Å². The zero-order valence-corrected chi connectivity index (χ0v) is 13.1. The fraction of sp³-hybridized carbons (Fsp3) is 0.933. The van der Waals surface area contributed by atoms with Crippen LogP contribution in [0.1, 0.15) is 60.8 Å². The van der Waals surface area contributed by atoms with Crippen LogP contribution in [-0.2, 0) is 4.74 Å². The number of amides is 1. The Morgan fingerprint density at radius 1 is 1.22 bits per heavy atom. The lowest BCUT2D eigenvalue weighted by Gasteiger charge is -2.26. The molecule has 0 aromatic rings. The molecule has 0 aliphatic heterocycles. The zero-order valence-electron chi connectivity index (χ0n) is 13.1. The Morgan fingerprint density at radius 3 is 2.28 bits per heavy atom. The van der Waals surface area contributed by atoms with E-state index in [1.165, 1.54) is 0 Å². The Labute approximate surface area is 113 Å². The summed E-state index contributed by atoms with van der Waals surface area (Å²) in [6.07, 6.45) is 2.77. The largest absolute Gasteiger partial charge is 0.449 e. The molecule has 0 bridgehead atoms. The molecule has 108 valence electrons. The predicted octanol–water partition coefficient (Wildman–Crippen LogP) is 4.32. The van der Waals surface area contributed by atoms with E-state index in [4.69, 9.17) is 4.74 Å². The van der Waals surface area contributed by atoms with Crippen molar-refractivity contribution in [1.29, 1.82) is 0 Å². The van der Waals surface area contributed by atoms with Crippen molar-refractivity contribution < 1.29 is 9.53 Å². The molecule has 0 aromatic carbocycles. The highest BCUT2D eigenvalue weighted by atomic mass is 16.6. The standard InChI is InChI=1S/C15H31NO2/c1-7-10-16(11-9-15(4,5)6)14(17)18-12-8-13(2)3/h13H,7-12H2,1-6H3. The second kappa shape index (κ2) is 8.39. The van der Waals surface area contributed by atoms with Crippen molar-refractivity contribution in [3.05, 3.63) is 0 Å². The van der Waals surface area contributed by atoms with Crippen molar-refractivity contribution in [3.8, 4) is 0 Å². The fourth-order valence-corrected chi connectivity index (χ4v) is 1.51. The van der Waals surface area contributed by atoms with Gasteiger partial charge < -0.3 is 9.64 Å². The quantitative estimate of drug-likeness (QED) is 0.680. The number of carbonyl (C=O) groups is 1. The molecular formula is C15H31NO2. The smallest absolute Gasteiger partial charge is 0.409 e. The van der Waals surface area contributed by atoms with Crippen LogP contribution in [-0.4, -0.2) is 30.7 Å². The first kappa shape index (κ1) is 17.3. The number of hydrogen-bond donors (Lipinski definition) is 0. The van der Waals surface area contributed by atoms with Crippen molar-refractivity contribution in [1.82, 2.24) is 4.90 Å². The maximum absolute atomic E-state index is 11.9. The molecule has 0 aromatic heterocycles. The van der Waals surface area contributed by atoms with E-state index in [1.54, 1.807) is 0 Å². The highest BCUT2D eigenvalue weighted by molar-refractivity contribution is 5.67. The summed E-state index contributed by atoms with van der Waals surface area (Å²) in [6, 6.07) is 0. The molecule has 1 amide bonds. The van der Waals surface area contributed by atoms with Crippen LogP contribution in [0.3, 0.4) is 0 Å². The lowest BCUT2D eigenvalue weighted by molar-refractivity contribution is 0.0940. The van der Waals surface area contributed by atoms with Gasteiger partial charge in [-0.1, -0.05) is 41.5 Å². The average Bonchev–Trinajstić information content (AvgIpc) is 2.22. The van der Waals surface area contributed by atoms with Gasteiger partial charge in [0, 0.05) is 13.1 Å². The van der Waals surface area contributed by atoms with Gasteiger partial charge in [-0.05, 0) is 30.6 Å². The normalized spacial score (nSPS) is 11.7. The number of hydrogen-bond acceptors (Lipinski definition) is 2. The Kier molecular flexibility index (Phi) is 8.05. The predicted molar refractivity (Wildman–Crippen MR) is 76.7 cm³/mol. The summed E-state index contributed by atoms with van der Waals surface area (Å²) < 4.78 is 5.32. The van der Waals surface area contributed by atoms with Gasteiger partial charge in [0.2, 0.25) is 0 Å². The van der Waals surface area contributed by atoms with Gasteiger partial charge in [0.1, 0.15) is 0 Å². The first-order chi connectivity index (χ1) is 8.26. The Bertz CT molecular complexity index is 231. The van der Waals surface area contributed by atoms with Crippen LogP contribution in [0.15, 0.2) is 0 Å². The minimum atomic E-state index is -0.151. The van der Waals surface area contributed by atoms with Crippen LogP contribution in [0, 0.1) is 11.3 Å². The van der Waals surface area contributed by atoms with E-state index >= 15 is 0 Å². The van der Waals surface area contributed by atoms with Crippen LogP contribution >= 0.6 is 0 Å². The van der Waals surface area contributed by atoms with Crippen molar-refractivity contribution in [2.75, 3.05) is 19.7 Å². The van der Waals surface area contributed by atoms with Crippen molar-refractivity contribution in [2.45, 2.75) is 60.8 Å². The highest BCUT2D eigenvalue weighted by Crippen LogP contribution is 2.19. The molecule has 0 aliphatic carbocycles. The molecule has 3 nitrogen and oxygen atoms in total. The monoisotopic (exact) mass is 257 g/mol. The summed E-state index contributed by atoms with van der Waals surface area (Å²) in [5, 5.41) is 0. The Morgan fingerprint density at radius 2 is 1.83 bits per heavy atom. The topological polar surface area (TPSA) is 29.5 Å². The number of carbonyl (C=O) groups excluding carboxylic acids is 1. The van der Waals surface area contributed by atoms with E-state index < -0.39 is 0 Å². The minimum Gasteiger partial charge on any atom is -0.449 e. The molecule has 0 N–H and O–H groups in total.